The fourth-order valence-corrected chi connectivity index (χ4v) is 3.29. The maximum Gasteiger partial charge on any atom is 0.272 e. The molecule has 1 aromatic carbocycles. The molecule has 1 unspecified atom stereocenters. The van der Waals surface area contributed by atoms with Crippen molar-refractivity contribution in [2.75, 3.05) is 32.6 Å². The zero-order valence-electron chi connectivity index (χ0n) is 16.1. The van der Waals surface area contributed by atoms with E-state index >= 15 is 0 Å². The molecule has 3 rings (SSSR count). The van der Waals surface area contributed by atoms with E-state index in [2.05, 4.69) is 22.2 Å². The number of rotatable bonds is 6. The van der Waals surface area contributed by atoms with E-state index in [9.17, 15) is 4.79 Å². The highest BCUT2D eigenvalue weighted by molar-refractivity contribution is 5.93. The van der Waals surface area contributed by atoms with Crippen molar-refractivity contribution in [2.45, 2.75) is 26.3 Å². The highest BCUT2D eigenvalue weighted by Gasteiger charge is 2.23. The molecule has 0 bridgehead atoms. The first-order valence-electron chi connectivity index (χ1n) is 9.16. The van der Waals surface area contributed by atoms with Gasteiger partial charge < -0.3 is 19.7 Å². The summed E-state index contributed by atoms with van der Waals surface area (Å²) in [6.07, 6.45) is 3.64. The second-order valence-corrected chi connectivity index (χ2v) is 6.83. The molecule has 1 amide bonds. The molecule has 1 aromatic heterocycles. The van der Waals surface area contributed by atoms with Gasteiger partial charge in [0.1, 0.15) is 17.8 Å². The minimum Gasteiger partial charge on any atom is -0.493 e. The summed E-state index contributed by atoms with van der Waals surface area (Å²) in [4.78, 5) is 23.0. The Labute approximate surface area is 159 Å². The monoisotopic (exact) mass is 370 g/mol. The predicted molar refractivity (Wildman–Crippen MR) is 103 cm³/mol. The highest BCUT2D eigenvalue weighted by atomic mass is 16.5. The zero-order chi connectivity index (χ0) is 19.2. The van der Waals surface area contributed by atoms with Crippen molar-refractivity contribution < 1.29 is 14.3 Å². The first-order chi connectivity index (χ1) is 13.1. The lowest BCUT2D eigenvalue weighted by Crippen LogP contribution is -2.39. The minimum absolute atomic E-state index is 0.0295. The molecule has 7 heteroatoms. The van der Waals surface area contributed by atoms with Gasteiger partial charge in [-0.15, -0.1) is 0 Å². The van der Waals surface area contributed by atoms with Crippen LogP contribution < -0.4 is 14.8 Å². The standard InChI is InChI=1S/C20H26N4O3/c1-14-5-4-8-24(12-14)20(25)16-10-19(23-13-22-16)21-11-15-6-7-17(26-2)18(9-15)27-3/h6-7,9-10,13-14H,4-5,8,11-12H2,1-3H3,(H,21,22,23). The Morgan fingerprint density at radius 3 is 2.78 bits per heavy atom. The molecule has 0 aliphatic carbocycles. The molecular weight excluding hydrogens is 344 g/mol. The van der Waals surface area contributed by atoms with E-state index in [1.165, 1.54) is 12.7 Å². The Morgan fingerprint density at radius 2 is 2.04 bits per heavy atom. The number of amides is 1. The van der Waals surface area contributed by atoms with Crippen LogP contribution >= 0.6 is 0 Å². The van der Waals surface area contributed by atoms with Gasteiger partial charge in [-0.25, -0.2) is 9.97 Å². The van der Waals surface area contributed by atoms with Gasteiger partial charge in [-0.2, -0.15) is 0 Å². The smallest absolute Gasteiger partial charge is 0.272 e. The molecule has 0 saturated carbocycles. The van der Waals surface area contributed by atoms with Gasteiger partial charge in [0.25, 0.3) is 5.91 Å². The second kappa shape index (κ2) is 8.70. The van der Waals surface area contributed by atoms with Crippen LogP contribution in [0.5, 0.6) is 11.5 Å². The SMILES string of the molecule is COc1ccc(CNc2cc(C(=O)N3CCCC(C)C3)ncn2)cc1OC. The van der Waals surface area contributed by atoms with Crippen molar-refractivity contribution in [1.29, 1.82) is 0 Å². The normalized spacial score (nSPS) is 16.7. The molecule has 1 aliphatic rings. The molecule has 0 radical (unpaired) electrons. The van der Waals surface area contributed by atoms with Gasteiger partial charge in [-0.05, 0) is 36.5 Å². The summed E-state index contributed by atoms with van der Waals surface area (Å²) < 4.78 is 10.6. The van der Waals surface area contributed by atoms with Crippen molar-refractivity contribution in [1.82, 2.24) is 14.9 Å². The third-order valence-electron chi connectivity index (χ3n) is 4.75. The molecule has 1 saturated heterocycles. The first-order valence-corrected chi connectivity index (χ1v) is 9.16. The molecule has 1 N–H and O–H groups in total. The average molecular weight is 370 g/mol. The molecule has 2 heterocycles. The lowest BCUT2D eigenvalue weighted by atomic mass is 10.00. The second-order valence-electron chi connectivity index (χ2n) is 6.83. The van der Waals surface area contributed by atoms with Crippen molar-refractivity contribution in [2.24, 2.45) is 5.92 Å². The zero-order valence-corrected chi connectivity index (χ0v) is 16.1. The molecule has 1 atom stereocenters. The van der Waals surface area contributed by atoms with Crippen molar-refractivity contribution >= 4 is 11.7 Å². The van der Waals surface area contributed by atoms with Crippen LogP contribution in [0.2, 0.25) is 0 Å². The summed E-state index contributed by atoms with van der Waals surface area (Å²) in [5, 5.41) is 3.24. The number of carbonyl (C=O) groups excluding carboxylic acids is 1. The lowest BCUT2D eigenvalue weighted by molar-refractivity contribution is 0.0677. The number of likely N-dealkylation sites (tertiary alicyclic amines) is 1. The van der Waals surface area contributed by atoms with Crippen LogP contribution in [0.25, 0.3) is 0 Å². The number of ether oxygens (including phenoxy) is 2. The number of anilines is 1. The Morgan fingerprint density at radius 1 is 1.22 bits per heavy atom. The third kappa shape index (κ3) is 4.67. The number of piperidine rings is 1. The molecule has 2 aromatic rings. The molecule has 7 nitrogen and oxygen atoms in total. The number of benzene rings is 1. The van der Waals surface area contributed by atoms with Crippen LogP contribution in [0.3, 0.4) is 0 Å². The van der Waals surface area contributed by atoms with Gasteiger partial charge in [0.05, 0.1) is 14.2 Å². The Hall–Kier alpha value is -2.83. The van der Waals surface area contributed by atoms with Gasteiger partial charge in [0.2, 0.25) is 0 Å². The van der Waals surface area contributed by atoms with Gasteiger partial charge in [0.15, 0.2) is 11.5 Å². The topological polar surface area (TPSA) is 76.6 Å². The van der Waals surface area contributed by atoms with Gasteiger partial charge in [-0.3, -0.25) is 4.79 Å². The van der Waals surface area contributed by atoms with E-state index in [0.29, 0.717) is 35.5 Å². The number of carbonyl (C=O) groups is 1. The fraction of sp³-hybridized carbons (Fsp3) is 0.450. The number of methoxy groups -OCH3 is 2. The van der Waals surface area contributed by atoms with E-state index in [0.717, 1.165) is 25.1 Å². The lowest BCUT2D eigenvalue weighted by Gasteiger charge is -2.30. The highest BCUT2D eigenvalue weighted by Crippen LogP contribution is 2.27. The van der Waals surface area contributed by atoms with E-state index in [4.69, 9.17) is 9.47 Å². The molecule has 1 fully saturated rings. The molecule has 144 valence electrons. The van der Waals surface area contributed by atoms with E-state index in [1.807, 2.05) is 23.1 Å². The minimum atomic E-state index is -0.0295. The van der Waals surface area contributed by atoms with Crippen LogP contribution in [0.4, 0.5) is 5.82 Å². The van der Waals surface area contributed by atoms with E-state index < -0.39 is 0 Å². The summed E-state index contributed by atoms with van der Waals surface area (Å²) in [5.74, 6) is 2.49. The van der Waals surface area contributed by atoms with Crippen LogP contribution in [0.15, 0.2) is 30.6 Å². The molecule has 0 spiro atoms. The van der Waals surface area contributed by atoms with E-state index in [1.54, 1.807) is 20.3 Å². The largest absolute Gasteiger partial charge is 0.493 e. The van der Waals surface area contributed by atoms with Crippen molar-refractivity contribution in [3.05, 3.63) is 41.9 Å². The van der Waals surface area contributed by atoms with Crippen LogP contribution in [0.1, 0.15) is 35.8 Å². The molecule has 1 aliphatic heterocycles. The van der Waals surface area contributed by atoms with Gasteiger partial charge in [0, 0.05) is 25.7 Å². The van der Waals surface area contributed by atoms with Crippen LogP contribution in [-0.4, -0.2) is 48.1 Å². The number of hydrogen-bond donors (Lipinski definition) is 1. The van der Waals surface area contributed by atoms with Gasteiger partial charge >= 0.3 is 0 Å². The Kier molecular flexibility index (Phi) is 6.11. The number of nitrogens with one attached hydrogen (secondary N) is 1. The third-order valence-corrected chi connectivity index (χ3v) is 4.75. The Bertz CT molecular complexity index is 797. The maximum atomic E-state index is 12.7. The molecule has 27 heavy (non-hydrogen) atoms. The number of hydrogen-bond acceptors (Lipinski definition) is 6. The van der Waals surface area contributed by atoms with Crippen molar-refractivity contribution in [3.63, 3.8) is 0 Å². The number of nitrogens with zero attached hydrogens (tertiary/aromatic N) is 3. The van der Waals surface area contributed by atoms with Crippen LogP contribution in [0, 0.1) is 5.92 Å². The quantitative estimate of drug-likeness (QED) is 0.842. The average Bonchev–Trinajstić information content (AvgIpc) is 2.71. The van der Waals surface area contributed by atoms with Gasteiger partial charge in [-0.1, -0.05) is 13.0 Å². The Balaban J connectivity index is 1.66. The van der Waals surface area contributed by atoms with E-state index in [-0.39, 0.29) is 5.91 Å². The fourth-order valence-electron chi connectivity index (χ4n) is 3.29. The van der Waals surface area contributed by atoms with Crippen molar-refractivity contribution in [3.8, 4) is 11.5 Å². The summed E-state index contributed by atoms with van der Waals surface area (Å²) in [6.45, 7) is 4.31. The first kappa shape index (κ1) is 18.9. The van der Waals surface area contributed by atoms with Crippen LogP contribution in [-0.2, 0) is 6.54 Å². The summed E-state index contributed by atoms with van der Waals surface area (Å²) in [7, 11) is 3.22. The summed E-state index contributed by atoms with van der Waals surface area (Å²) >= 11 is 0. The predicted octanol–water partition coefficient (Wildman–Crippen LogP) is 2.98. The molecular formula is C20H26N4O3. The number of aromatic nitrogens is 2. The summed E-state index contributed by atoms with van der Waals surface area (Å²) in [6, 6.07) is 7.44. The summed E-state index contributed by atoms with van der Waals surface area (Å²) in [5.41, 5.74) is 1.44. The maximum absolute atomic E-state index is 12.7.